The Kier molecular flexibility index (Phi) is 7.56. The highest BCUT2D eigenvalue weighted by Gasteiger charge is 2.16. The fourth-order valence-corrected chi connectivity index (χ4v) is 3.23. The first-order chi connectivity index (χ1) is 11.7. The van der Waals surface area contributed by atoms with Crippen LogP contribution in [0.1, 0.15) is 6.42 Å². The van der Waals surface area contributed by atoms with E-state index in [-0.39, 0.29) is 12.4 Å². The average molecular weight is 375 g/mol. The Balaban J connectivity index is 0.00000225. The molecule has 0 aliphatic rings. The molecule has 1 aromatic heterocycles. The number of hydrogen-bond donors (Lipinski definition) is 0. The van der Waals surface area contributed by atoms with Gasteiger partial charge in [0.1, 0.15) is 5.69 Å². The fourth-order valence-electron chi connectivity index (χ4n) is 2.48. The lowest BCUT2D eigenvalue weighted by molar-refractivity contribution is 0.409. The maximum Gasteiger partial charge on any atom is 0.256 e. The molecule has 0 fully saturated rings. The van der Waals surface area contributed by atoms with Gasteiger partial charge in [-0.15, -0.1) is 12.4 Å². The summed E-state index contributed by atoms with van der Waals surface area (Å²) in [6, 6.07) is 20.4. The van der Waals surface area contributed by atoms with E-state index in [1.807, 2.05) is 36.4 Å². The summed E-state index contributed by atoms with van der Waals surface area (Å²) < 4.78 is 6.10. The van der Waals surface area contributed by atoms with Gasteiger partial charge in [-0.3, -0.25) is 0 Å². The summed E-state index contributed by atoms with van der Waals surface area (Å²) in [6.45, 7) is 1.07. The molecular weight excluding hydrogens is 352 g/mol. The lowest BCUT2D eigenvalue weighted by Crippen LogP contribution is -2.13. The molecule has 0 spiro atoms. The van der Waals surface area contributed by atoms with Crippen LogP contribution in [0.5, 0.6) is 0 Å². The Morgan fingerprint density at radius 3 is 2.12 bits per heavy atom. The van der Waals surface area contributed by atoms with Crippen molar-refractivity contribution in [3.63, 3.8) is 0 Å². The van der Waals surface area contributed by atoms with Crippen LogP contribution in [0, 0.1) is 0 Å². The van der Waals surface area contributed by atoms with Gasteiger partial charge in [0.15, 0.2) is 5.76 Å². The molecule has 0 N–H and O–H groups in total. The Morgan fingerprint density at radius 2 is 1.52 bits per heavy atom. The van der Waals surface area contributed by atoms with Crippen LogP contribution < -0.4 is 0 Å². The molecule has 0 bridgehead atoms. The third-order valence-corrected chi connectivity index (χ3v) is 4.58. The topological polar surface area (TPSA) is 29.3 Å². The zero-order valence-corrected chi connectivity index (χ0v) is 16.1. The van der Waals surface area contributed by atoms with Gasteiger partial charge in [-0.05, 0) is 27.1 Å². The minimum Gasteiger partial charge on any atom is -0.431 e. The number of hydrogen-bond acceptors (Lipinski definition) is 4. The molecule has 2 aromatic carbocycles. The van der Waals surface area contributed by atoms with Crippen LogP contribution >= 0.6 is 24.2 Å². The van der Waals surface area contributed by atoms with Crippen molar-refractivity contribution in [2.45, 2.75) is 11.6 Å². The van der Waals surface area contributed by atoms with Gasteiger partial charge in [0, 0.05) is 16.9 Å². The van der Waals surface area contributed by atoms with Crippen molar-refractivity contribution in [1.29, 1.82) is 0 Å². The van der Waals surface area contributed by atoms with Gasteiger partial charge in [0.2, 0.25) is 0 Å². The predicted molar refractivity (Wildman–Crippen MR) is 109 cm³/mol. The van der Waals surface area contributed by atoms with Crippen LogP contribution in [-0.2, 0) is 0 Å². The SMILES string of the molecule is CN(C)CCCSc1nc(-c2ccccc2)c(-c2ccccc2)o1.Cl. The lowest BCUT2D eigenvalue weighted by Gasteiger charge is -2.07. The summed E-state index contributed by atoms with van der Waals surface area (Å²) in [5, 5.41) is 0.742. The van der Waals surface area contributed by atoms with Crippen molar-refractivity contribution in [2.24, 2.45) is 0 Å². The number of thioether (sulfide) groups is 1. The van der Waals surface area contributed by atoms with E-state index in [1.165, 1.54) is 0 Å². The third kappa shape index (κ3) is 5.36. The van der Waals surface area contributed by atoms with Gasteiger partial charge in [-0.25, -0.2) is 4.98 Å². The molecule has 0 atom stereocenters. The van der Waals surface area contributed by atoms with Crippen LogP contribution in [0.25, 0.3) is 22.6 Å². The lowest BCUT2D eigenvalue weighted by atomic mass is 10.1. The highest BCUT2D eigenvalue weighted by Crippen LogP contribution is 2.35. The van der Waals surface area contributed by atoms with Gasteiger partial charge >= 0.3 is 0 Å². The highest BCUT2D eigenvalue weighted by atomic mass is 35.5. The molecule has 3 aromatic rings. The monoisotopic (exact) mass is 374 g/mol. The quantitative estimate of drug-likeness (QED) is 0.405. The van der Waals surface area contributed by atoms with E-state index in [2.05, 4.69) is 43.3 Å². The van der Waals surface area contributed by atoms with Crippen LogP contribution in [0.2, 0.25) is 0 Å². The molecule has 132 valence electrons. The van der Waals surface area contributed by atoms with E-state index < -0.39 is 0 Å². The van der Waals surface area contributed by atoms with Crippen LogP contribution in [0.3, 0.4) is 0 Å². The highest BCUT2D eigenvalue weighted by molar-refractivity contribution is 7.99. The molecule has 0 aliphatic heterocycles. The van der Waals surface area contributed by atoms with E-state index in [1.54, 1.807) is 11.8 Å². The number of rotatable bonds is 7. The Bertz CT molecular complexity index is 703. The maximum atomic E-state index is 6.10. The number of aromatic nitrogens is 1. The van der Waals surface area contributed by atoms with Gasteiger partial charge in [0.25, 0.3) is 5.22 Å². The van der Waals surface area contributed by atoms with Gasteiger partial charge in [-0.2, -0.15) is 0 Å². The molecule has 3 nitrogen and oxygen atoms in total. The average Bonchev–Trinajstić information content (AvgIpc) is 3.04. The van der Waals surface area contributed by atoms with Crippen molar-refractivity contribution in [3.05, 3.63) is 60.7 Å². The summed E-state index contributed by atoms with van der Waals surface area (Å²) >= 11 is 1.68. The summed E-state index contributed by atoms with van der Waals surface area (Å²) in [5.41, 5.74) is 3.06. The summed E-state index contributed by atoms with van der Waals surface area (Å²) in [5.74, 6) is 1.85. The van der Waals surface area contributed by atoms with Crippen molar-refractivity contribution < 1.29 is 4.42 Å². The Labute approximate surface area is 159 Å². The number of nitrogens with zero attached hydrogens (tertiary/aromatic N) is 2. The molecular formula is C20H23ClN2OS. The molecule has 0 radical (unpaired) electrons. The van der Waals surface area contributed by atoms with Crippen molar-refractivity contribution in [2.75, 3.05) is 26.4 Å². The predicted octanol–water partition coefficient (Wildman–Crippen LogP) is 5.47. The Hall–Kier alpha value is -1.75. The number of oxazole rings is 1. The molecule has 5 heteroatoms. The Morgan fingerprint density at radius 1 is 0.920 bits per heavy atom. The molecule has 25 heavy (non-hydrogen) atoms. The fraction of sp³-hybridized carbons (Fsp3) is 0.250. The zero-order chi connectivity index (χ0) is 16.8. The normalized spacial score (nSPS) is 10.7. The van der Waals surface area contributed by atoms with Crippen LogP contribution in [-0.4, -0.2) is 36.3 Å². The second-order valence-electron chi connectivity index (χ2n) is 5.89. The van der Waals surface area contributed by atoms with E-state index in [0.717, 1.165) is 46.5 Å². The second-order valence-corrected chi connectivity index (χ2v) is 6.94. The molecule has 0 amide bonds. The molecule has 0 aliphatic carbocycles. The van der Waals surface area contributed by atoms with Gasteiger partial charge in [0.05, 0.1) is 0 Å². The third-order valence-electron chi connectivity index (χ3n) is 3.67. The smallest absolute Gasteiger partial charge is 0.256 e. The van der Waals surface area contributed by atoms with Gasteiger partial charge < -0.3 is 9.32 Å². The first kappa shape index (κ1) is 19.6. The maximum absolute atomic E-state index is 6.10. The molecule has 0 saturated carbocycles. The van der Waals surface area contributed by atoms with Crippen LogP contribution in [0.4, 0.5) is 0 Å². The number of benzene rings is 2. The second kappa shape index (κ2) is 9.66. The molecule has 0 unspecified atom stereocenters. The minimum atomic E-state index is 0. The summed E-state index contributed by atoms with van der Waals surface area (Å²) in [7, 11) is 4.19. The summed E-state index contributed by atoms with van der Waals surface area (Å²) in [6.07, 6.45) is 1.11. The van der Waals surface area contributed by atoms with Crippen molar-refractivity contribution >= 4 is 24.2 Å². The first-order valence-corrected chi connectivity index (χ1v) is 9.12. The molecule has 0 saturated heterocycles. The van der Waals surface area contributed by atoms with E-state index in [0.29, 0.717) is 0 Å². The molecule has 1 heterocycles. The zero-order valence-electron chi connectivity index (χ0n) is 14.5. The molecule has 3 rings (SSSR count). The first-order valence-electron chi connectivity index (χ1n) is 8.13. The van der Waals surface area contributed by atoms with E-state index >= 15 is 0 Å². The van der Waals surface area contributed by atoms with Crippen molar-refractivity contribution in [1.82, 2.24) is 9.88 Å². The number of halogens is 1. The minimum absolute atomic E-state index is 0. The van der Waals surface area contributed by atoms with Gasteiger partial charge in [-0.1, -0.05) is 72.4 Å². The largest absolute Gasteiger partial charge is 0.431 e. The van der Waals surface area contributed by atoms with Crippen LogP contribution in [0.15, 0.2) is 70.3 Å². The van der Waals surface area contributed by atoms with E-state index in [4.69, 9.17) is 9.40 Å². The standard InChI is InChI=1S/C20H22N2OS.ClH/c1-22(2)14-9-15-24-20-21-18(16-10-5-3-6-11-16)19(23-20)17-12-7-4-8-13-17;/h3-8,10-13H,9,14-15H2,1-2H3;1H. The van der Waals surface area contributed by atoms with Crippen molar-refractivity contribution in [3.8, 4) is 22.6 Å². The summed E-state index contributed by atoms with van der Waals surface area (Å²) in [4.78, 5) is 6.95. The van der Waals surface area contributed by atoms with E-state index in [9.17, 15) is 0 Å².